The van der Waals surface area contributed by atoms with Gasteiger partial charge in [-0.2, -0.15) is 0 Å². The van der Waals surface area contributed by atoms with Crippen LogP contribution in [0.2, 0.25) is 0 Å². The highest BCUT2D eigenvalue weighted by atomic mass is 79.9. The van der Waals surface area contributed by atoms with E-state index in [4.69, 9.17) is 33.2 Å². The number of halogens is 1. The standard InChI is InChI=1S/C44H50BrN3O12/c1-7-56-41(51)38(47-39(49)37(30-15-20-32(54-5)21-16-30)48-42(52)58-27-29-11-9-8-10-12-29)31-17-22-35(55-6)36(26-31)59-33-18-13-28(14-19-33)25-34(40(50)57-24-23-45)46-43(53)60-44(2,3)4/h8-22,26,34,37-38H,7,23-25,27H2,1-6H3,(H,46,53)(H,47,49)(H,48,52)/t34-,37-,38+/m0/s1. The number of amides is 3. The third-order valence-electron chi connectivity index (χ3n) is 8.40. The maximum absolute atomic E-state index is 14.1. The third-order valence-corrected chi connectivity index (χ3v) is 8.73. The fourth-order valence-electron chi connectivity index (χ4n) is 5.60. The van der Waals surface area contributed by atoms with E-state index in [0.717, 1.165) is 5.56 Å². The summed E-state index contributed by atoms with van der Waals surface area (Å²) < 4.78 is 38.4. The summed E-state index contributed by atoms with van der Waals surface area (Å²) in [6, 6.07) is 23.3. The Morgan fingerprint density at radius 1 is 0.650 bits per heavy atom. The zero-order chi connectivity index (χ0) is 43.7. The molecule has 0 aromatic heterocycles. The summed E-state index contributed by atoms with van der Waals surface area (Å²) in [5.74, 6) is -0.730. The van der Waals surface area contributed by atoms with Gasteiger partial charge in [-0.1, -0.05) is 76.6 Å². The number of rotatable bonds is 19. The highest BCUT2D eigenvalue weighted by molar-refractivity contribution is 9.09. The number of carbonyl (C=O) groups excluding carboxylic acids is 5. The molecule has 0 saturated carbocycles. The van der Waals surface area contributed by atoms with E-state index in [1.165, 1.54) is 20.3 Å². The number of esters is 2. The van der Waals surface area contributed by atoms with Crippen LogP contribution < -0.4 is 30.2 Å². The molecule has 16 heteroatoms. The lowest BCUT2D eigenvalue weighted by atomic mass is 10.0. The Morgan fingerprint density at radius 2 is 1.32 bits per heavy atom. The minimum absolute atomic E-state index is 0.0193. The molecule has 320 valence electrons. The zero-order valence-corrected chi connectivity index (χ0v) is 35.9. The first-order valence-corrected chi connectivity index (χ1v) is 20.1. The first kappa shape index (κ1) is 46.4. The summed E-state index contributed by atoms with van der Waals surface area (Å²) in [7, 11) is 2.95. The maximum Gasteiger partial charge on any atom is 0.408 e. The Balaban J connectivity index is 1.57. The Hall–Kier alpha value is -6.29. The maximum atomic E-state index is 14.1. The van der Waals surface area contributed by atoms with Crippen molar-refractivity contribution in [3.63, 3.8) is 0 Å². The molecular weight excluding hydrogens is 842 g/mol. The molecule has 4 aromatic rings. The molecule has 4 aromatic carbocycles. The number of benzene rings is 4. The number of carbonyl (C=O) groups is 5. The molecule has 0 radical (unpaired) electrons. The van der Waals surface area contributed by atoms with E-state index >= 15 is 0 Å². The van der Waals surface area contributed by atoms with Gasteiger partial charge in [0.15, 0.2) is 17.5 Å². The van der Waals surface area contributed by atoms with Crippen LogP contribution in [0.25, 0.3) is 0 Å². The molecule has 0 saturated heterocycles. The topological polar surface area (TPSA) is 186 Å². The van der Waals surface area contributed by atoms with Crippen LogP contribution in [-0.2, 0) is 46.4 Å². The van der Waals surface area contributed by atoms with Crippen molar-refractivity contribution in [2.75, 3.05) is 32.8 Å². The second-order valence-electron chi connectivity index (χ2n) is 14.0. The second kappa shape index (κ2) is 22.8. The Labute approximate surface area is 357 Å². The molecule has 0 heterocycles. The summed E-state index contributed by atoms with van der Waals surface area (Å²) in [5.41, 5.74) is 1.32. The molecule has 3 amide bonds. The van der Waals surface area contributed by atoms with Gasteiger partial charge in [-0.05, 0) is 86.3 Å². The van der Waals surface area contributed by atoms with E-state index in [1.807, 2.05) is 18.2 Å². The first-order valence-electron chi connectivity index (χ1n) is 19.0. The van der Waals surface area contributed by atoms with E-state index in [2.05, 4.69) is 31.9 Å². The average molecular weight is 893 g/mol. The lowest BCUT2D eigenvalue weighted by molar-refractivity contribution is -0.148. The predicted molar refractivity (Wildman–Crippen MR) is 224 cm³/mol. The summed E-state index contributed by atoms with van der Waals surface area (Å²) in [4.78, 5) is 66.0. The van der Waals surface area contributed by atoms with Crippen molar-refractivity contribution in [3.05, 3.63) is 119 Å². The fourth-order valence-corrected chi connectivity index (χ4v) is 5.76. The van der Waals surface area contributed by atoms with Crippen LogP contribution in [-0.4, -0.2) is 74.4 Å². The molecular formula is C44H50BrN3O12. The number of alkyl carbamates (subject to hydrolysis) is 2. The smallest absolute Gasteiger partial charge is 0.408 e. The highest BCUT2D eigenvalue weighted by Crippen LogP contribution is 2.35. The second-order valence-corrected chi connectivity index (χ2v) is 14.8. The van der Waals surface area contributed by atoms with E-state index < -0.39 is 53.8 Å². The lowest BCUT2D eigenvalue weighted by Crippen LogP contribution is -2.45. The Bertz CT molecular complexity index is 2040. The lowest BCUT2D eigenvalue weighted by Gasteiger charge is -2.24. The molecule has 3 N–H and O–H groups in total. The van der Waals surface area contributed by atoms with Crippen molar-refractivity contribution in [1.29, 1.82) is 0 Å². The van der Waals surface area contributed by atoms with Crippen LogP contribution in [0.1, 0.15) is 62.0 Å². The number of ether oxygens (including phenoxy) is 7. The molecule has 0 fully saturated rings. The van der Waals surface area contributed by atoms with Gasteiger partial charge in [0.05, 0.1) is 20.8 Å². The van der Waals surface area contributed by atoms with Gasteiger partial charge >= 0.3 is 24.1 Å². The van der Waals surface area contributed by atoms with Crippen molar-refractivity contribution in [3.8, 4) is 23.0 Å². The SMILES string of the molecule is CCOC(=O)[C@H](NC(=O)[C@@H](NC(=O)OCc1ccccc1)c1ccc(OC)cc1)c1ccc(OC)c(Oc2ccc(C[C@H](NC(=O)OC(C)(C)C)C(=O)OCCBr)cc2)c1. The van der Waals surface area contributed by atoms with Crippen molar-refractivity contribution in [2.24, 2.45) is 0 Å². The van der Waals surface area contributed by atoms with E-state index in [1.54, 1.807) is 100 Å². The molecule has 60 heavy (non-hydrogen) atoms. The van der Waals surface area contributed by atoms with Gasteiger partial charge in [0.1, 0.15) is 42.4 Å². The van der Waals surface area contributed by atoms with Crippen LogP contribution in [0.15, 0.2) is 97.1 Å². The quantitative estimate of drug-likeness (QED) is 0.0487. The third kappa shape index (κ3) is 14.5. The Kier molecular flexibility index (Phi) is 17.6. The predicted octanol–water partition coefficient (Wildman–Crippen LogP) is 7.26. The summed E-state index contributed by atoms with van der Waals surface area (Å²) in [6.07, 6.45) is -1.53. The van der Waals surface area contributed by atoms with E-state index in [-0.39, 0.29) is 37.6 Å². The summed E-state index contributed by atoms with van der Waals surface area (Å²) >= 11 is 3.23. The van der Waals surface area contributed by atoms with Crippen molar-refractivity contribution in [2.45, 2.75) is 64.4 Å². The van der Waals surface area contributed by atoms with Gasteiger partial charge in [0.2, 0.25) is 5.91 Å². The van der Waals surface area contributed by atoms with Crippen LogP contribution >= 0.6 is 15.9 Å². The monoisotopic (exact) mass is 891 g/mol. The normalized spacial score (nSPS) is 12.4. The molecule has 0 unspecified atom stereocenters. The van der Waals surface area contributed by atoms with Gasteiger partial charge < -0.3 is 49.1 Å². The van der Waals surface area contributed by atoms with Gasteiger partial charge in [0.25, 0.3) is 0 Å². The summed E-state index contributed by atoms with van der Waals surface area (Å²) in [6.45, 7) is 6.88. The fraction of sp³-hybridized carbons (Fsp3) is 0.341. The number of hydrogen-bond acceptors (Lipinski definition) is 12. The summed E-state index contributed by atoms with van der Waals surface area (Å²) in [5, 5.41) is 8.37. The number of hydrogen-bond donors (Lipinski definition) is 3. The average Bonchev–Trinajstić information content (AvgIpc) is 3.23. The molecule has 0 aliphatic carbocycles. The van der Waals surface area contributed by atoms with Gasteiger partial charge in [0, 0.05) is 11.8 Å². The van der Waals surface area contributed by atoms with Gasteiger partial charge in [-0.15, -0.1) is 0 Å². The molecule has 15 nitrogen and oxygen atoms in total. The van der Waals surface area contributed by atoms with Crippen molar-refractivity contribution >= 4 is 46.0 Å². The van der Waals surface area contributed by atoms with Gasteiger partial charge in [-0.3, -0.25) is 4.79 Å². The largest absolute Gasteiger partial charge is 0.497 e. The minimum Gasteiger partial charge on any atom is -0.497 e. The van der Waals surface area contributed by atoms with Crippen LogP contribution in [0.3, 0.4) is 0 Å². The molecule has 0 aliphatic rings. The van der Waals surface area contributed by atoms with Gasteiger partial charge in [-0.25, -0.2) is 19.2 Å². The zero-order valence-electron chi connectivity index (χ0n) is 34.3. The first-order chi connectivity index (χ1) is 28.7. The molecule has 4 rings (SSSR count). The molecule has 0 aliphatic heterocycles. The Morgan fingerprint density at radius 3 is 1.93 bits per heavy atom. The van der Waals surface area contributed by atoms with E-state index in [0.29, 0.717) is 33.7 Å². The van der Waals surface area contributed by atoms with Crippen LogP contribution in [0.5, 0.6) is 23.0 Å². The van der Waals surface area contributed by atoms with Crippen molar-refractivity contribution < 1.29 is 57.1 Å². The molecule has 0 spiro atoms. The highest BCUT2D eigenvalue weighted by Gasteiger charge is 2.31. The number of alkyl halides is 1. The van der Waals surface area contributed by atoms with E-state index in [9.17, 15) is 24.0 Å². The van der Waals surface area contributed by atoms with Crippen molar-refractivity contribution in [1.82, 2.24) is 16.0 Å². The molecule has 0 bridgehead atoms. The van der Waals surface area contributed by atoms with Crippen LogP contribution in [0, 0.1) is 0 Å². The molecule has 3 atom stereocenters. The number of nitrogens with one attached hydrogen (secondary N) is 3. The van der Waals surface area contributed by atoms with Crippen LogP contribution in [0.4, 0.5) is 9.59 Å². The number of methoxy groups -OCH3 is 2. The minimum atomic E-state index is -1.35.